The zero-order valence-corrected chi connectivity index (χ0v) is 16.6. The molecule has 0 aliphatic heterocycles. The first-order valence-corrected chi connectivity index (χ1v) is 9.58. The Balaban J connectivity index is 1.63. The molecule has 0 amide bonds. The molecule has 150 valence electrons. The number of ether oxygens (including phenoxy) is 2. The predicted octanol–water partition coefficient (Wildman–Crippen LogP) is 3.67. The van der Waals surface area contributed by atoms with Gasteiger partial charge in [-0.3, -0.25) is 0 Å². The average molecular weight is 390 g/mol. The number of benzene rings is 2. The minimum absolute atomic E-state index is 0.183. The fourth-order valence-electron chi connectivity index (χ4n) is 3.11. The maximum absolute atomic E-state index is 11.0. The summed E-state index contributed by atoms with van der Waals surface area (Å²) in [6, 6.07) is 21.7. The molecule has 1 aromatic heterocycles. The van der Waals surface area contributed by atoms with Crippen LogP contribution in [0, 0.1) is 6.92 Å². The predicted molar refractivity (Wildman–Crippen MR) is 111 cm³/mol. The lowest BCUT2D eigenvalue weighted by atomic mass is 10.1. The first-order valence-electron chi connectivity index (χ1n) is 9.58. The molecule has 5 nitrogen and oxygen atoms in total. The third-order valence-corrected chi connectivity index (χ3v) is 4.53. The number of carbonyl (C=O) groups excluding carboxylic acids is 1. The van der Waals surface area contributed by atoms with Crippen molar-refractivity contribution in [3.63, 3.8) is 0 Å². The number of aryl methyl sites for hydroxylation is 1. The Morgan fingerprint density at radius 1 is 1.03 bits per heavy atom. The summed E-state index contributed by atoms with van der Waals surface area (Å²) in [4.78, 5) is 11.0. The SMILES string of the molecule is CCO/C(=C\c1ccc(OCCn2c(C)ccc2-c2ccccc2)cc1)C(=O)[O-]. The summed E-state index contributed by atoms with van der Waals surface area (Å²) in [5.41, 5.74) is 4.23. The van der Waals surface area contributed by atoms with Crippen molar-refractivity contribution >= 4 is 12.0 Å². The van der Waals surface area contributed by atoms with Crippen molar-refractivity contribution in [3.8, 4) is 17.0 Å². The maximum Gasteiger partial charge on any atom is 0.142 e. The fourth-order valence-corrected chi connectivity index (χ4v) is 3.11. The number of carboxylic acids is 1. The molecule has 2 aromatic carbocycles. The molecule has 0 saturated carbocycles. The van der Waals surface area contributed by atoms with Crippen molar-refractivity contribution in [2.45, 2.75) is 20.4 Å². The van der Waals surface area contributed by atoms with Gasteiger partial charge >= 0.3 is 0 Å². The van der Waals surface area contributed by atoms with Crippen LogP contribution in [0.4, 0.5) is 0 Å². The van der Waals surface area contributed by atoms with Gasteiger partial charge in [-0.15, -0.1) is 0 Å². The standard InChI is InChI=1S/C24H25NO4/c1-3-28-23(24(26)27)17-19-10-12-21(13-11-19)29-16-15-25-18(2)9-14-22(25)20-7-5-4-6-8-20/h4-14,17H,3,15-16H2,1-2H3,(H,26,27)/p-1/b23-17-. The van der Waals surface area contributed by atoms with Gasteiger partial charge in [0, 0.05) is 11.4 Å². The van der Waals surface area contributed by atoms with Crippen LogP contribution in [-0.2, 0) is 16.1 Å². The van der Waals surface area contributed by atoms with Crippen LogP contribution in [0.3, 0.4) is 0 Å². The van der Waals surface area contributed by atoms with Gasteiger partial charge in [-0.25, -0.2) is 0 Å². The molecule has 0 spiro atoms. The highest BCUT2D eigenvalue weighted by Crippen LogP contribution is 2.22. The highest BCUT2D eigenvalue weighted by molar-refractivity contribution is 5.88. The lowest BCUT2D eigenvalue weighted by molar-refractivity contribution is -0.303. The van der Waals surface area contributed by atoms with E-state index in [-0.39, 0.29) is 12.4 Å². The zero-order chi connectivity index (χ0) is 20.6. The molecular weight excluding hydrogens is 366 g/mol. The Morgan fingerprint density at radius 3 is 2.41 bits per heavy atom. The van der Waals surface area contributed by atoms with Crippen LogP contribution in [0.2, 0.25) is 0 Å². The number of carbonyl (C=O) groups is 1. The van der Waals surface area contributed by atoms with E-state index in [1.807, 2.05) is 30.3 Å². The molecule has 29 heavy (non-hydrogen) atoms. The smallest absolute Gasteiger partial charge is 0.142 e. The molecule has 0 radical (unpaired) electrons. The second-order valence-corrected chi connectivity index (χ2v) is 6.52. The van der Waals surface area contributed by atoms with Gasteiger partial charge in [-0.1, -0.05) is 42.5 Å². The summed E-state index contributed by atoms with van der Waals surface area (Å²) in [7, 11) is 0. The van der Waals surface area contributed by atoms with Crippen LogP contribution in [0.15, 0.2) is 72.5 Å². The molecule has 3 aromatic rings. The summed E-state index contributed by atoms with van der Waals surface area (Å²) >= 11 is 0. The van der Waals surface area contributed by atoms with E-state index in [1.165, 1.54) is 17.3 Å². The van der Waals surface area contributed by atoms with Gasteiger partial charge in [0.2, 0.25) is 0 Å². The van der Waals surface area contributed by atoms with Crippen molar-refractivity contribution in [1.82, 2.24) is 4.57 Å². The van der Waals surface area contributed by atoms with Gasteiger partial charge in [0.25, 0.3) is 0 Å². The molecule has 1 heterocycles. The molecule has 0 bridgehead atoms. The third-order valence-electron chi connectivity index (χ3n) is 4.53. The summed E-state index contributed by atoms with van der Waals surface area (Å²) in [6.07, 6.45) is 1.44. The summed E-state index contributed by atoms with van der Waals surface area (Å²) in [5, 5.41) is 11.0. The second-order valence-electron chi connectivity index (χ2n) is 6.52. The Morgan fingerprint density at radius 2 is 1.76 bits per heavy atom. The van der Waals surface area contributed by atoms with E-state index < -0.39 is 5.97 Å². The van der Waals surface area contributed by atoms with Crippen molar-refractivity contribution in [3.05, 3.63) is 83.7 Å². The Labute approximate surface area is 170 Å². The Kier molecular flexibility index (Phi) is 6.74. The van der Waals surface area contributed by atoms with Gasteiger partial charge in [-0.2, -0.15) is 0 Å². The maximum atomic E-state index is 11.0. The van der Waals surface area contributed by atoms with Gasteiger partial charge in [0.1, 0.15) is 24.1 Å². The van der Waals surface area contributed by atoms with Crippen molar-refractivity contribution < 1.29 is 19.4 Å². The van der Waals surface area contributed by atoms with Crippen molar-refractivity contribution in [2.24, 2.45) is 0 Å². The molecule has 0 atom stereocenters. The average Bonchev–Trinajstić information content (AvgIpc) is 3.10. The number of carboxylic acid groups (broad SMARTS) is 1. The minimum Gasteiger partial charge on any atom is -0.542 e. The molecule has 5 heteroatoms. The van der Waals surface area contributed by atoms with Crippen LogP contribution >= 0.6 is 0 Å². The highest BCUT2D eigenvalue weighted by atomic mass is 16.5. The summed E-state index contributed by atoms with van der Waals surface area (Å²) in [5.74, 6) is -0.791. The lowest BCUT2D eigenvalue weighted by Crippen LogP contribution is -2.25. The molecule has 0 unspecified atom stereocenters. The number of hydrogen-bond donors (Lipinski definition) is 0. The van der Waals surface area contributed by atoms with E-state index in [2.05, 4.69) is 35.8 Å². The van der Waals surface area contributed by atoms with E-state index >= 15 is 0 Å². The van der Waals surface area contributed by atoms with Gasteiger partial charge in [0.05, 0.1) is 13.2 Å². The lowest BCUT2D eigenvalue weighted by Gasteiger charge is -2.13. The highest BCUT2D eigenvalue weighted by Gasteiger charge is 2.07. The molecule has 0 N–H and O–H groups in total. The van der Waals surface area contributed by atoms with Crippen LogP contribution in [0.1, 0.15) is 18.2 Å². The summed E-state index contributed by atoms with van der Waals surface area (Å²) in [6.45, 7) is 5.33. The third kappa shape index (κ3) is 5.29. The number of hydrogen-bond acceptors (Lipinski definition) is 4. The number of nitrogens with zero attached hydrogens (tertiary/aromatic N) is 1. The molecule has 0 saturated heterocycles. The van der Waals surface area contributed by atoms with Gasteiger partial charge in [0.15, 0.2) is 0 Å². The fraction of sp³-hybridized carbons (Fsp3) is 0.208. The van der Waals surface area contributed by atoms with Gasteiger partial charge < -0.3 is 23.9 Å². The topological polar surface area (TPSA) is 63.5 Å². The monoisotopic (exact) mass is 390 g/mol. The van der Waals surface area contributed by atoms with Crippen LogP contribution in [-0.4, -0.2) is 23.8 Å². The van der Waals surface area contributed by atoms with E-state index in [0.717, 1.165) is 18.0 Å². The number of aromatic nitrogens is 1. The molecule has 0 aliphatic carbocycles. The first kappa shape index (κ1) is 20.3. The first-order chi connectivity index (χ1) is 14.1. The quantitative estimate of drug-likeness (QED) is 0.413. The number of rotatable bonds is 9. The van der Waals surface area contributed by atoms with E-state index in [4.69, 9.17) is 9.47 Å². The minimum atomic E-state index is -1.33. The molecule has 0 aliphatic rings. The molecule has 0 fully saturated rings. The Hall–Kier alpha value is -3.47. The van der Waals surface area contributed by atoms with Gasteiger partial charge in [-0.05, 0) is 55.3 Å². The van der Waals surface area contributed by atoms with Crippen molar-refractivity contribution in [1.29, 1.82) is 0 Å². The summed E-state index contributed by atoms with van der Waals surface area (Å²) < 4.78 is 13.2. The second kappa shape index (κ2) is 9.64. The van der Waals surface area contributed by atoms with E-state index in [1.54, 1.807) is 19.1 Å². The zero-order valence-electron chi connectivity index (χ0n) is 16.6. The normalized spacial score (nSPS) is 11.3. The van der Waals surface area contributed by atoms with Crippen molar-refractivity contribution in [2.75, 3.05) is 13.2 Å². The number of aliphatic carboxylic acids is 1. The Bertz CT molecular complexity index is 972. The molecular formula is C24H24NO4-. The van der Waals surface area contributed by atoms with E-state index in [9.17, 15) is 9.90 Å². The van der Waals surface area contributed by atoms with E-state index in [0.29, 0.717) is 12.2 Å². The van der Waals surface area contributed by atoms with Crippen LogP contribution in [0.5, 0.6) is 5.75 Å². The van der Waals surface area contributed by atoms with Crippen LogP contribution in [0.25, 0.3) is 17.3 Å². The molecule has 3 rings (SSSR count). The van der Waals surface area contributed by atoms with Crippen LogP contribution < -0.4 is 9.84 Å². The largest absolute Gasteiger partial charge is 0.542 e.